The molecule has 2 N–H and O–H groups in total. The first-order chi connectivity index (χ1) is 11.6. The first-order valence-corrected chi connectivity index (χ1v) is 8.48. The molecule has 1 aliphatic rings. The number of benzene rings is 2. The fraction of sp³-hybridized carbons (Fsp3) is 0.350. The van der Waals surface area contributed by atoms with Crippen molar-refractivity contribution in [1.82, 2.24) is 0 Å². The van der Waals surface area contributed by atoms with Gasteiger partial charge in [-0.1, -0.05) is 29.8 Å². The second-order valence-corrected chi connectivity index (χ2v) is 6.23. The van der Waals surface area contributed by atoms with Crippen molar-refractivity contribution in [1.29, 1.82) is 0 Å². The number of ether oxygens (including phenoxy) is 1. The smallest absolute Gasteiger partial charge is 0.119 e. The van der Waals surface area contributed by atoms with Gasteiger partial charge in [-0.2, -0.15) is 5.10 Å². The Bertz CT molecular complexity index is 737. The lowest BCUT2D eigenvalue weighted by Crippen LogP contribution is -2.19. The quantitative estimate of drug-likeness (QED) is 0.906. The SMILES string of the molecule is CCOc1ccc(C2CC(CN)=NN2c2ccc(C)cc2C)cc1. The summed E-state index contributed by atoms with van der Waals surface area (Å²) >= 11 is 0. The van der Waals surface area contributed by atoms with Crippen LogP contribution < -0.4 is 15.5 Å². The van der Waals surface area contributed by atoms with Gasteiger partial charge >= 0.3 is 0 Å². The molecule has 0 aliphatic carbocycles. The molecule has 0 aromatic heterocycles. The zero-order valence-electron chi connectivity index (χ0n) is 14.6. The molecule has 0 spiro atoms. The van der Waals surface area contributed by atoms with Crippen LogP contribution in [0.1, 0.15) is 36.1 Å². The number of anilines is 1. The molecule has 0 amide bonds. The van der Waals surface area contributed by atoms with Crippen molar-refractivity contribution in [3.63, 3.8) is 0 Å². The summed E-state index contributed by atoms with van der Waals surface area (Å²) in [5.41, 5.74) is 11.8. The number of nitrogens with zero attached hydrogens (tertiary/aromatic N) is 2. The molecule has 4 nitrogen and oxygen atoms in total. The normalized spacial score (nSPS) is 17.1. The Morgan fingerprint density at radius 2 is 1.92 bits per heavy atom. The minimum Gasteiger partial charge on any atom is -0.494 e. The van der Waals surface area contributed by atoms with Crippen LogP contribution in [0.25, 0.3) is 0 Å². The van der Waals surface area contributed by atoms with Crippen molar-refractivity contribution in [2.75, 3.05) is 18.2 Å². The average Bonchev–Trinajstić information content (AvgIpc) is 3.00. The summed E-state index contributed by atoms with van der Waals surface area (Å²) in [5.74, 6) is 0.900. The lowest BCUT2D eigenvalue weighted by molar-refractivity contribution is 0.340. The van der Waals surface area contributed by atoms with E-state index in [9.17, 15) is 0 Å². The average molecular weight is 323 g/mol. The van der Waals surface area contributed by atoms with E-state index in [4.69, 9.17) is 15.6 Å². The van der Waals surface area contributed by atoms with Gasteiger partial charge in [0.15, 0.2) is 0 Å². The number of hydrogen-bond donors (Lipinski definition) is 1. The predicted molar refractivity (Wildman–Crippen MR) is 99.9 cm³/mol. The zero-order chi connectivity index (χ0) is 17.1. The summed E-state index contributed by atoms with van der Waals surface area (Å²) in [6.45, 7) is 7.41. The van der Waals surface area contributed by atoms with Crippen molar-refractivity contribution < 1.29 is 4.74 Å². The molecular formula is C20H25N3O. The maximum Gasteiger partial charge on any atom is 0.119 e. The van der Waals surface area contributed by atoms with Crippen LogP contribution in [0.15, 0.2) is 47.6 Å². The molecule has 2 aromatic carbocycles. The molecule has 1 unspecified atom stereocenters. The standard InChI is InChI=1S/C20H25N3O/c1-4-24-18-8-6-16(7-9-18)20-12-17(13-21)22-23(20)19-10-5-14(2)11-15(19)3/h5-11,20H,4,12-13,21H2,1-3H3. The van der Waals surface area contributed by atoms with E-state index in [0.29, 0.717) is 13.2 Å². The van der Waals surface area contributed by atoms with Gasteiger partial charge in [-0.3, -0.25) is 5.01 Å². The van der Waals surface area contributed by atoms with Gasteiger partial charge in [0.1, 0.15) is 5.75 Å². The first kappa shape index (κ1) is 16.5. The monoisotopic (exact) mass is 323 g/mol. The van der Waals surface area contributed by atoms with E-state index < -0.39 is 0 Å². The molecule has 0 radical (unpaired) electrons. The summed E-state index contributed by atoms with van der Waals surface area (Å²) in [4.78, 5) is 0. The Labute approximate surface area is 143 Å². The van der Waals surface area contributed by atoms with E-state index in [0.717, 1.165) is 23.6 Å². The topological polar surface area (TPSA) is 50.9 Å². The van der Waals surface area contributed by atoms with Gasteiger partial charge < -0.3 is 10.5 Å². The van der Waals surface area contributed by atoms with E-state index >= 15 is 0 Å². The summed E-state index contributed by atoms with van der Waals surface area (Å²) in [5, 5.41) is 6.90. The van der Waals surface area contributed by atoms with Crippen LogP contribution in [-0.2, 0) is 0 Å². The van der Waals surface area contributed by atoms with E-state index in [-0.39, 0.29) is 6.04 Å². The number of rotatable bonds is 5. The van der Waals surface area contributed by atoms with E-state index in [1.54, 1.807) is 0 Å². The molecule has 4 heteroatoms. The lowest BCUT2D eigenvalue weighted by atomic mass is 10.0. The molecule has 1 heterocycles. The van der Waals surface area contributed by atoms with E-state index in [2.05, 4.69) is 49.2 Å². The number of hydrazone groups is 1. The first-order valence-electron chi connectivity index (χ1n) is 8.48. The van der Waals surface area contributed by atoms with E-state index in [1.165, 1.54) is 16.7 Å². The molecule has 1 aliphatic heterocycles. The molecule has 0 bridgehead atoms. The highest BCUT2D eigenvalue weighted by Crippen LogP contribution is 2.37. The van der Waals surface area contributed by atoms with Crippen molar-refractivity contribution in [3.05, 3.63) is 59.2 Å². The molecule has 2 aromatic rings. The lowest BCUT2D eigenvalue weighted by Gasteiger charge is -2.26. The third-order valence-corrected chi connectivity index (χ3v) is 4.38. The second-order valence-electron chi connectivity index (χ2n) is 6.23. The van der Waals surface area contributed by atoms with Crippen LogP contribution in [-0.4, -0.2) is 18.9 Å². The zero-order valence-corrected chi connectivity index (χ0v) is 14.6. The van der Waals surface area contributed by atoms with Gasteiger partial charge in [-0.15, -0.1) is 0 Å². The molecule has 1 atom stereocenters. The van der Waals surface area contributed by atoms with Gasteiger partial charge in [0.25, 0.3) is 0 Å². The Kier molecular flexibility index (Phi) is 4.86. The van der Waals surface area contributed by atoms with Gasteiger partial charge in [0.05, 0.1) is 24.0 Å². The van der Waals surface area contributed by atoms with Crippen LogP contribution in [0.4, 0.5) is 5.69 Å². The van der Waals surface area contributed by atoms with Crippen molar-refractivity contribution in [2.45, 2.75) is 33.2 Å². The largest absolute Gasteiger partial charge is 0.494 e. The second kappa shape index (κ2) is 7.05. The molecule has 3 rings (SSSR count). The van der Waals surface area contributed by atoms with Crippen molar-refractivity contribution >= 4 is 11.4 Å². The van der Waals surface area contributed by atoms with Crippen LogP contribution in [0.5, 0.6) is 5.75 Å². The Morgan fingerprint density at radius 3 is 2.54 bits per heavy atom. The number of hydrogen-bond acceptors (Lipinski definition) is 4. The summed E-state index contributed by atoms with van der Waals surface area (Å²) in [6.07, 6.45) is 0.859. The maximum absolute atomic E-state index is 5.86. The van der Waals surface area contributed by atoms with Crippen molar-refractivity contribution in [3.8, 4) is 5.75 Å². The van der Waals surface area contributed by atoms with Gasteiger partial charge in [0, 0.05) is 13.0 Å². The van der Waals surface area contributed by atoms with Crippen LogP contribution in [0.2, 0.25) is 0 Å². The van der Waals surface area contributed by atoms with Crippen LogP contribution >= 0.6 is 0 Å². The van der Waals surface area contributed by atoms with E-state index in [1.807, 2.05) is 19.1 Å². The molecule has 0 saturated heterocycles. The third-order valence-electron chi connectivity index (χ3n) is 4.38. The Hall–Kier alpha value is -2.33. The minimum atomic E-state index is 0.181. The fourth-order valence-corrected chi connectivity index (χ4v) is 3.19. The Balaban J connectivity index is 1.93. The molecule has 0 saturated carbocycles. The van der Waals surface area contributed by atoms with Gasteiger partial charge in [-0.25, -0.2) is 0 Å². The van der Waals surface area contributed by atoms with Crippen LogP contribution in [0.3, 0.4) is 0 Å². The Morgan fingerprint density at radius 1 is 1.17 bits per heavy atom. The molecule has 126 valence electrons. The molecule has 0 fully saturated rings. The summed E-state index contributed by atoms with van der Waals surface area (Å²) < 4.78 is 5.55. The highest BCUT2D eigenvalue weighted by atomic mass is 16.5. The highest BCUT2D eigenvalue weighted by molar-refractivity contribution is 5.90. The number of aryl methyl sites for hydroxylation is 2. The maximum atomic E-state index is 5.86. The predicted octanol–water partition coefficient (Wildman–Crippen LogP) is 3.97. The van der Waals surface area contributed by atoms with Gasteiger partial charge in [-0.05, 0) is 50.1 Å². The molecule has 24 heavy (non-hydrogen) atoms. The van der Waals surface area contributed by atoms with Gasteiger partial charge in [0.2, 0.25) is 0 Å². The van der Waals surface area contributed by atoms with Crippen LogP contribution in [0, 0.1) is 13.8 Å². The van der Waals surface area contributed by atoms with Crippen molar-refractivity contribution in [2.24, 2.45) is 10.8 Å². The number of nitrogens with two attached hydrogens (primary N) is 1. The summed E-state index contributed by atoms with van der Waals surface area (Å²) in [6, 6.07) is 15.0. The molecular weight excluding hydrogens is 298 g/mol. The summed E-state index contributed by atoms with van der Waals surface area (Å²) in [7, 11) is 0. The highest BCUT2D eigenvalue weighted by Gasteiger charge is 2.29. The third kappa shape index (κ3) is 3.29. The fourth-order valence-electron chi connectivity index (χ4n) is 3.19. The minimum absolute atomic E-state index is 0.181.